The van der Waals surface area contributed by atoms with Crippen molar-refractivity contribution < 1.29 is 23.4 Å². The fraction of sp³-hybridized carbons (Fsp3) is 1.00. The second-order valence-electron chi connectivity index (χ2n) is 13.1. The number of quaternary nitrogens is 1. The molecule has 234 valence electrons. The molecule has 1 aliphatic rings. The van der Waals surface area contributed by atoms with Crippen molar-refractivity contribution in [1.29, 1.82) is 0 Å². The predicted octanol–water partition coefficient (Wildman–Crippen LogP) is 7.72. The molecule has 0 radical (unpaired) electrons. The van der Waals surface area contributed by atoms with Crippen LogP contribution in [0.3, 0.4) is 0 Å². The summed E-state index contributed by atoms with van der Waals surface area (Å²) in [6, 6.07) is 0.217. The largest absolute Gasteiger partial charge is 0.380 e. The zero-order valence-corrected chi connectivity index (χ0v) is 27.6. The van der Waals surface area contributed by atoms with Gasteiger partial charge < -0.3 is 18.9 Å². The minimum atomic E-state index is -3.09. The van der Waals surface area contributed by atoms with E-state index in [1.54, 1.807) is 0 Å². The van der Waals surface area contributed by atoms with E-state index >= 15 is 0 Å². The summed E-state index contributed by atoms with van der Waals surface area (Å²) in [6.45, 7) is 7.97. The Morgan fingerprint density at radius 1 is 0.769 bits per heavy atom. The van der Waals surface area contributed by atoms with Crippen LogP contribution in [0.15, 0.2) is 0 Å². The van der Waals surface area contributed by atoms with Gasteiger partial charge in [-0.1, -0.05) is 103 Å². The number of morpholine rings is 1. The number of ether oxygens (including phenoxy) is 2. The van der Waals surface area contributed by atoms with Crippen LogP contribution >= 0.6 is 7.37 Å². The quantitative estimate of drug-likeness (QED) is 0.0617. The van der Waals surface area contributed by atoms with Crippen molar-refractivity contribution in [3.63, 3.8) is 0 Å². The molecule has 0 amide bonds. The van der Waals surface area contributed by atoms with Crippen molar-refractivity contribution >= 4 is 7.37 Å². The summed E-state index contributed by atoms with van der Waals surface area (Å²) >= 11 is 0. The third-order valence-corrected chi connectivity index (χ3v) is 10.1. The van der Waals surface area contributed by atoms with Gasteiger partial charge in [-0.15, -0.1) is 0 Å². The Labute approximate surface area is 243 Å². The molecule has 6 nitrogen and oxygen atoms in total. The maximum absolute atomic E-state index is 12.8. The molecule has 0 bridgehead atoms. The van der Waals surface area contributed by atoms with Crippen molar-refractivity contribution in [2.75, 3.05) is 79.5 Å². The molecule has 2 unspecified atom stereocenters. The average Bonchev–Trinajstić information content (AvgIpc) is 2.89. The van der Waals surface area contributed by atoms with E-state index in [0.29, 0.717) is 18.9 Å². The maximum atomic E-state index is 12.8. The Kier molecular flexibility index (Phi) is 22.4. The molecular weight excluding hydrogens is 507 g/mol. The summed E-state index contributed by atoms with van der Waals surface area (Å²) < 4.78 is 25.3. The first-order valence-corrected chi connectivity index (χ1v) is 18.8. The molecule has 0 aliphatic carbocycles. The topological polar surface area (TPSA) is 59.0 Å². The lowest BCUT2D eigenvalue weighted by Crippen LogP contribution is -2.46. The number of hydrogen-bond donors (Lipinski definition) is 1. The number of unbranched alkanes of at least 4 members (excludes halogenated alkanes) is 15. The van der Waals surface area contributed by atoms with E-state index in [-0.39, 0.29) is 6.04 Å². The lowest BCUT2D eigenvalue weighted by atomic mass is 10.0. The molecule has 0 aromatic carbocycles. The van der Waals surface area contributed by atoms with Gasteiger partial charge in [0.1, 0.15) is 0 Å². The maximum Gasteiger partial charge on any atom is 0.200 e. The molecule has 1 N–H and O–H groups in total. The summed E-state index contributed by atoms with van der Waals surface area (Å²) in [4.78, 5) is 13.0. The summed E-state index contributed by atoms with van der Waals surface area (Å²) in [6.07, 6.45) is 24.4. The van der Waals surface area contributed by atoms with Crippen molar-refractivity contribution in [2.24, 2.45) is 0 Å². The molecule has 0 spiro atoms. The highest BCUT2D eigenvalue weighted by molar-refractivity contribution is 7.57. The summed E-state index contributed by atoms with van der Waals surface area (Å²) in [5.74, 6) is 0. The minimum Gasteiger partial charge on any atom is -0.380 e. The lowest BCUT2D eigenvalue weighted by Gasteiger charge is -2.34. The van der Waals surface area contributed by atoms with Gasteiger partial charge in [-0.05, 0) is 12.8 Å². The van der Waals surface area contributed by atoms with Gasteiger partial charge in [0.05, 0.1) is 47.5 Å². The molecule has 1 aliphatic heterocycles. The second kappa shape index (κ2) is 23.6. The van der Waals surface area contributed by atoms with Crippen LogP contribution < -0.4 is 0 Å². The zero-order valence-electron chi connectivity index (χ0n) is 26.7. The zero-order chi connectivity index (χ0) is 28.7. The van der Waals surface area contributed by atoms with Gasteiger partial charge in [0.2, 0.25) is 7.37 Å². The Hall–Kier alpha value is 0.0300. The van der Waals surface area contributed by atoms with Crippen LogP contribution in [0.25, 0.3) is 0 Å². The van der Waals surface area contributed by atoms with Gasteiger partial charge in [-0.3, -0.25) is 9.46 Å². The number of nitrogens with zero attached hydrogens (tertiary/aromatic N) is 2. The molecular formula is C32H68N2O4P+. The highest BCUT2D eigenvalue weighted by atomic mass is 31.2. The molecule has 1 fully saturated rings. The smallest absolute Gasteiger partial charge is 0.200 e. The van der Waals surface area contributed by atoms with E-state index < -0.39 is 7.37 Å². The van der Waals surface area contributed by atoms with E-state index in [0.717, 1.165) is 63.2 Å². The fourth-order valence-corrected chi connectivity index (χ4v) is 7.10. The van der Waals surface area contributed by atoms with Crippen molar-refractivity contribution in [2.45, 2.75) is 129 Å². The first-order valence-electron chi connectivity index (χ1n) is 16.7. The van der Waals surface area contributed by atoms with Crippen LogP contribution in [0.5, 0.6) is 0 Å². The van der Waals surface area contributed by atoms with Gasteiger partial charge >= 0.3 is 0 Å². The molecule has 1 heterocycles. The summed E-state index contributed by atoms with van der Waals surface area (Å²) in [5.41, 5.74) is 0. The van der Waals surface area contributed by atoms with Crippen LogP contribution in [-0.4, -0.2) is 99.8 Å². The standard InChI is InChI=1S/C32H67N2O4P/c1-5-6-7-8-9-10-11-12-13-14-15-16-17-18-19-20-26-38-31-32(33-23-27-37-28-24-33)22-30-39(35,36)29-21-25-34(2,3)4/h32H,5-31H2,1-4H3/p+1. The minimum absolute atomic E-state index is 0.217. The van der Waals surface area contributed by atoms with E-state index in [1.165, 1.54) is 96.3 Å². The van der Waals surface area contributed by atoms with E-state index in [9.17, 15) is 9.46 Å². The Morgan fingerprint density at radius 2 is 1.26 bits per heavy atom. The molecule has 39 heavy (non-hydrogen) atoms. The molecule has 1 rings (SSSR count). The molecule has 0 aromatic rings. The molecule has 0 saturated carbocycles. The molecule has 0 aromatic heterocycles. The Morgan fingerprint density at radius 3 is 1.74 bits per heavy atom. The third kappa shape index (κ3) is 23.3. The predicted molar refractivity (Wildman–Crippen MR) is 168 cm³/mol. The number of rotatable bonds is 27. The monoisotopic (exact) mass is 575 g/mol. The van der Waals surface area contributed by atoms with Crippen LogP contribution in [0.4, 0.5) is 0 Å². The van der Waals surface area contributed by atoms with Crippen molar-refractivity contribution in [3.05, 3.63) is 0 Å². The van der Waals surface area contributed by atoms with Crippen LogP contribution in [0.1, 0.15) is 122 Å². The molecule has 1 saturated heterocycles. The van der Waals surface area contributed by atoms with Gasteiger partial charge in [0, 0.05) is 44.5 Å². The van der Waals surface area contributed by atoms with E-state index in [4.69, 9.17) is 9.47 Å². The summed E-state index contributed by atoms with van der Waals surface area (Å²) in [5, 5.41) is 0. The van der Waals surface area contributed by atoms with E-state index in [2.05, 4.69) is 33.0 Å². The van der Waals surface area contributed by atoms with E-state index in [1.807, 2.05) is 0 Å². The molecule has 7 heteroatoms. The Bertz CT molecular complexity index is 593. The van der Waals surface area contributed by atoms with Gasteiger partial charge in [0.15, 0.2) is 0 Å². The summed E-state index contributed by atoms with van der Waals surface area (Å²) in [7, 11) is 3.31. The Balaban J connectivity index is 2.07. The first kappa shape index (κ1) is 37.1. The van der Waals surface area contributed by atoms with Gasteiger partial charge in [0.25, 0.3) is 0 Å². The van der Waals surface area contributed by atoms with Gasteiger partial charge in [-0.2, -0.15) is 0 Å². The second-order valence-corrected chi connectivity index (χ2v) is 15.7. The van der Waals surface area contributed by atoms with Gasteiger partial charge in [-0.25, -0.2) is 0 Å². The SMILES string of the molecule is CCCCCCCCCCCCCCCCCCOCC(CCP(=O)(O)CCC[N+](C)(C)C)N1CCOCC1. The highest BCUT2D eigenvalue weighted by Gasteiger charge is 2.26. The lowest BCUT2D eigenvalue weighted by molar-refractivity contribution is -0.870. The highest BCUT2D eigenvalue weighted by Crippen LogP contribution is 2.42. The normalized spacial score (nSPS) is 17.4. The fourth-order valence-electron chi connectivity index (χ4n) is 5.54. The molecule has 2 atom stereocenters. The number of hydrogen-bond acceptors (Lipinski definition) is 4. The van der Waals surface area contributed by atoms with Crippen LogP contribution in [0, 0.1) is 0 Å². The average molecular weight is 576 g/mol. The van der Waals surface area contributed by atoms with Crippen molar-refractivity contribution in [3.8, 4) is 0 Å². The third-order valence-electron chi connectivity index (χ3n) is 8.16. The first-order chi connectivity index (χ1) is 18.7. The van der Waals surface area contributed by atoms with Crippen LogP contribution in [-0.2, 0) is 14.0 Å². The van der Waals surface area contributed by atoms with Crippen molar-refractivity contribution in [1.82, 2.24) is 4.90 Å². The van der Waals surface area contributed by atoms with Crippen LogP contribution in [0.2, 0.25) is 0 Å².